The molecule has 0 bridgehead atoms. The number of ether oxygens (including phenoxy) is 2. The lowest BCUT2D eigenvalue weighted by Gasteiger charge is -2.27. The van der Waals surface area contributed by atoms with Crippen molar-refractivity contribution in [3.8, 4) is 0 Å². The highest BCUT2D eigenvalue weighted by Gasteiger charge is 2.36. The summed E-state index contributed by atoms with van der Waals surface area (Å²) in [6.07, 6.45) is 6.03. The van der Waals surface area contributed by atoms with Gasteiger partial charge in [-0.25, -0.2) is 0 Å². The molecule has 9 N–H and O–H groups in total. The minimum Gasteiger partial charge on any atom is -0.379 e. The zero-order valence-electron chi connectivity index (χ0n) is 38.6. The van der Waals surface area contributed by atoms with Crippen LogP contribution in [0.15, 0.2) is 12.2 Å². The number of likely N-dealkylation sites (tertiary alicyclic amines) is 1. The maximum absolute atomic E-state index is 13.5. The van der Waals surface area contributed by atoms with Gasteiger partial charge in [0.15, 0.2) is 0 Å². The summed E-state index contributed by atoms with van der Waals surface area (Å²) in [6, 6.07) is -3.89. The van der Waals surface area contributed by atoms with Crippen molar-refractivity contribution in [2.45, 2.75) is 117 Å². The molecule has 22 heteroatoms. The van der Waals surface area contributed by atoms with Gasteiger partial charge in [-0.1, -0.05) is 34.1 Å². The lowest BCUT2D eigenvalue weighted by Crippen LogP contribution is -2.56. The van der Waals surface area contributed by atoms with E-state index in [0.717, 1.165) is 4.90 Å². The van der Waals surface area contributed by atoms with Crippen LogP contribution in [0, 0.1) is 11.8 Å². The summed E-state index contributed by atoms with van der Waals surface area (Å²) in [7, 11) is 0. The molecule has 0 saturated carbocycles. The van der Waals surface area contributed by atoms with E-state index in [1.165, 1.54) is 24.0 Å². The van der Waals surface area contributed by atoms with E-state index in [1.54, 1.807) is 0 Å². The first-order valence-electron chi connectivity index (χ1n) is 22.6. The van der Waals surface area contributed by atoms with E-state index >= 15 is 0 Å². The van der Waals surface area contributed by atoms with Crippen LogP contribution in [0.4, 0.5) is 0 Å². The van der Waals surface area contributed by atoms with E-state index in [1.807, 2.05) is 27.7 Å². The highest BCUT2D eigenvalue weighted by molar-refractivity contribution is 6.12. The van der Waals surface area contributed by atoms with Gasteiger partial charge in [0, 0.05) is 57.7 Å². The Labute approximate surface area is 381 Å². The number of carbonyl (C=O) groups is 10. The van der Waals surface area contributed by atoms with E-state index in [9.17, 15) is 47.9 Å². The molecule has 0 aromatic carbocycles. The fourth-order valence-electron chi connectivity index (χ4n) is 6.88. The molecule has 1 saturated heterocycles. The number of hydrogen-bond acceptors (Lipinski definition) is 13. The third-order valence-corrected chi connectivity index (χ3v) is 10.2. The van der Waals surface area contributed by atoms with Crippen LogP contribution in [0.1, 0.15) is 92.4 Å². The lowest BCUT2D eigenvalue weighted by molar-refractivity contribution is -0.140. The fourth-order valence-corrected chi connectivity index (χ4v) is 6.88. The molecule has 366 valence electrons. The Kier molecular flexibility index (Phi) is 26.2. The second-order valence-corrected chi connectivity index (χ2v) is 16.8. The van der Waals surface area contributed by atoms with E-state index in [0.29, 0.717) is 51.7 Å². The number of unbranched alkanes of at least 4 members (excludes halogenated alkanes) is 2. The van der Waals surface area contributed by atoms with Gasteiger partial charge in [-0.15, -0.1) is 0 Å². The Morgan fingerprint density at radius 2 is 1.26 bits per heavy atom. The number of nitrogens with two attached hydrogens (primary N) is 1. The quantitative estimate of drug-likeness (QED) is 0.0265. The molecule has 2 rings (SSSR count). The van der Waals surface area contributed by atoms with Crippen molar-refractivity contribution in [2.75, 3.05) is 72.2 Å². The largest absolute Gasteiger partial charge is 0.379 e. The SMILES string of the molecule is CC(C)C[C@H](NC(=O)CNC(=O)[C@H](CC(C)C)NC(=O)[C@@H]1CCCN1C(=O)CCCCCN1C(=O)C=CC1=O)C(=O)N[C@@H](C)C(=O)NCC(=O)NCCOCCOCCC(=O)NCCN. The molecule has 65 heavy (non-hydrogen) atoms. The summed E-state index contributed by atoms with van der Waals surface area (Å²) in [4.78, 5) is 129. The first-order valence-corrected chi connectivity index (χ1v) is 22.6. The normalized spacial score (nSPS) is 16.0. The van der Waals surface area contributed by atoms with E-state index < -0.39 is 66.2 Å². The number of imide groups is 1. The molecule has 0 aliphatic carbocycles. The smallest absolute Gasteiger partial charge is 0.253 e. The molecule has 2 aliphatic rings. The Hall–Kier alpha value is -5.48. The van der Waals surface area contributed by atoms with E-state index in [-0.39, 0.29) is 107 Å². The average Bonchev–Trinajstić information content (AvgIpc) is 3.88. The first kappa shape index (κ1) is 55.7. The van der Waals surface area contributed by atoms with Crippen LogP contribution >= 0.6 is 0 Å². The van der Waals surface area contributed by atoms with Gasteiger partial charge < -0.3 is 57.3 Å². The first-order chi connectivity index (χ1) is 30.9. The van der Waals surface area contributed by atoms with Gasteiger partial charge in [0.05, 0.1) is 39.5 Å². The monoisotopic (exact) mass is 921 g/mol. The van der Waals surface area contributed by atoms with Gasteiger partial charge in [-0.3, -0.25) is 52.8 Å². The number of amides is 10. The summed E-state index contributed by atoms with van der Waals surface area (Å²) in [6.45, 7) is 10.5. The molecule has 0 spiro atoms. The van der Waals surface area contributed by atoms with Gasteiger partial charge in [-0.2, -0.15) is 0 Å². The second kappa shape index (κ2) is 30.6. The van der Waals surface area contributed by atoms with Crippen LogP contribution in [0.5, 0.6) is 0 Å². The lowest BCUT2D eigenvalue weighted by atomic mass is 10.0. The fraction of sp³-hybridized carbons (Fsp3) is 0.721. The molecule has 0 radical (unpaired) electrons. The van der Waals surface area contributed by atoms with Crippen molar-refractivity contribution in [2.24, 2.45) is 17.6 Å². The molecule has 0 aromatic heterocycles. The summed E-state index contributed by atoms with van der Waals surface area (Å²) in [5.41, 5.74) is 5.33. The number of hydrogen-bond donors (Lipinski definition) is 8. The third kappa shape index (κ3) is 22.3. The van der Waals surface area contributed by atoms with E-state index in [2.05, 4.69) is 37.2 Å². The molecular formula is C43H72N10O12. The van der Waals surface area contributed by atoms with Crippen molar-refractivity contribution in [3.63, 3.8) is 0 Å². The molecule has 2 heterocycles. The van der Waals surface area contributed by atoms with E-state index in [4.69, 9.17) is 15.2 Å². The van der Waals surface area contributed by atoms with Crippen LogP contribution in [0.3, 0.4) is 0 Å². The Balaban J connectivity index is 1.77. The molecular weight excluding hydrogens is 849 g/mol. The predicted octanol–water partition coefficient (Wildman–Crippen LogP) is -2.12. The van der Waals surface area contributed by atoms with Gasteiger partial charge in [0.25, 0.3) is 11.8 Å². The Bertz CT molecular complexity index is 1640. The minimum absolute atomic E-state index is 0.0204. The number of nitrogens with zero attached hydrogens (tertiary/aromatic N) is 2. The van der Waals surface area contributed by atoms with Crippen molar-refractivity contribution in [3.05, 3.63) is 12.2 Å². The third-order valence-electron chi connectivity index (χ3n) is 10.2. The summed E-state index contributed by atoms with van der Waals surface area (Å²) < 4.78 is 10.7. The van der Waals surface area contributed by atoms with Crippen LogP contribution in [-0.4, -0.2) is 165 Å². The Morgan fingerprint density at radius 1 is 0.662 bits per heavy atom. The molecule has 1 fully saturated rings. The van der Waals surface area contributed by atoms with Crippen molar-refractivity contribution in [1.29, 1.82) is 0 Å². The number of carbonyl (C=O) groups excluding carboxylic acids is 10. The topological polar surface area (TPSA) is 306 Å². The number of nitrogens with one attached hydrogen (secondary N) is 7. The van der Waals surface area contributed by atoms with Crippen LogP contribution in [-0.2, 0) is 57.4 Å². The highest BCUT2D eigenvalue weighted by Crippen LogP contribution is 2.20. The average molecular weight is 921 g/mol. The van der Waals surface area contributed by atoms with Gasteiger partial charge in [-0.05, 0) is 57.3 Å². The van der Waals surface area contributed by atoms with Crippen molar-refractivity contribution in [1.82, 2.24) is 47.0 Å². The molecule has 0 aromatic rings. The van der Waals surface area contributed by atoms with Crippen LogP contribution in [0.2, 0.25) is 0 Å². The highest BCUT2D eigenvalue weighted by atomic mass is 16.5. The molecule has 0 unspecified atom stereocenters. The standard InChI is InChI=1S/C43H72N10O12/c1-28(2)24-31(51-43(63)33-10-9-19-52(33)37(57)11-7-6-8-18-53-38(58)12-13-39(53)59)41(61)48-27-36(56)50-32(25-29(3)4)42(62)49-30(5)40(60)47-26-35(55)46-17-21-65-23-22-64-20-14-34(54)45-16-15-44/h12-13,28-33H,6-11,14-27,44H2,1-5H3,(H,45,54)(H,46,55)(H,47,60)(H,48,61)(H,49,62)(H,50,56)(H,51,63)/t30-,31-,32-,33-/m0/s1. The molecule has 2 aliphatic heterocycles. The van der Waals surface area contributed by atoms with Crippen LogP contribution in [0.25, 0.3) is 0 Å². The van der Waals surface area contributed by atoms with Crippen LogP contribution < -0.4 is 43.0 Å². The van der Waals surface area contributed by atoms with Crippen molar-refractivity contribution < 1.29 is 57.4 Å². The maximum atomic E-state index is 13.5. The minimum atomic E-state index is -1.06. The summed E-state index contributed by atoms with van der Waals surface area (Å²) in [5, 5.41) is 18.2. The number of rotatable bonds is 32. The second-order valence-electron chi connectivity index (χ2n) is 16.8. The molecule has 22 nitrogen and oxygen atoms in total. The maximum Gasteiger partial charge on any atom is 0.253 e. The molecule has 4 atom stereocenters. The van der Waals surface area contributed by atoms with Gasteiger partial charge in [0.1, 0.15) is 24.2 Å². The zero-order chi connectivity index (χ0) is 48.3. The zero-order valence-corrected chi connectivity index (χ0v) is 38.6. The Morgan fingerprint density at radius 3 is 1.91 bits per heavy atom. The summed E-state index contributed by atoms with van der Waals surface area (Å²) >= 11 is 0. The summed E-state index contributed by atoms with van der Waals surface area (Å²) in [5.74, 6) is -4.65. The van der Waals surface area contributed by atoms with Gasteiger partial charge in [0.2, 0.25) is 47.3 Å². The molecule has 10 amide bonds. The predicted molar refractivity (Wildman–Crippen MR) is 237 cm³/mol. The van der Waals surface area contributed by atoms with Gasteiger partial charge >= 0.3 is 0 Å². The van der Waals surface area contributed by atoms with Crippen molar-refractivity contribution >= 4 is 59.1 Å².